The lowest BCUT2D eigenvalue weighted by atomic mass is 9.97. The van der Waals surface area contributed by atoms with Crippen molar-refractivity contribution in [3.8, 4) is 0 Å². The molecule has 2 aliphatic rings. The van der Waals surface area contributed by atoms with Gasteiger partial charge in [-0.2, -0.15) is 0 Å². The van der Waals surface area contributed by atoms with Gasteiger partial charge in [-0.3, -0.25) is 9.59 Å². The lowest BCUT2D eigenvalue weighted by Gasteiger charge is -2.30. The largest absolute Gasteiger partial charge is 0.378 e. The fraction of sp³-hybridized carbons (Fsp3) is 0.565. The third kappa shape index (κ3) is 6.60. The molecule has 0 saturated carbocycles. The van der Waals surface area contributed by atoms with Gasteiger partial charge in [0.2, 0.25) is 11.8 Å². The average Bonchev–Trinajstić information content (AvgIpc) is 2.75. The van der Waals surface area contributed by atoms with Crippen LogP contribution in [0.5, 0.6) is 0 Å². The van der Waals surface area contributed by atoms with Gasteiger partial charge in [-0.25, -0.2) is 0 Å². The number of nitrogens with zero attached hydrogens (tertiary/aromatic N) is 2. The zero-order valence-electron chi connectivity index (χ0n) is 17.5. The minimum absolute atomic E-state index is 0.0305. The number of allylic oxidation sites excluding steroid dienone is 1. The van der Waals surface area contributed by atoms with E-state index in [4.69, 9.17) is 4.74 Å². The number of anilines is 2. The van der Waals surface area contributed by atoms with Gasteiger partial charge in [-0.05, 0) is 44.2 Å². The SMILES string of the molecule is CC(=O)N(CCC(=O)Nc1ccccc1N1CCOCC1)CCC1=CCCCC1. The van der Waals surface area contributed by atoms with Crippen LogP contribution in [0, 0.1) is 0 Å². The van der Waals surface area contributed by atoms with Crippen LogP contribution in [0.1, 0.15) is 45.4 Å². The standard InChI is InChI=1S/C23H33N3O3/c1-19(27)25(13-11-20-7-3-2-4-8-20)14-12-23(28)24-21-9-5-6-10-22(21)26-15-17-29-18-16-26/h5-7,9-10H,2-4,8,11-18H2,1H3,(H,24,28). The van der Waals surface area contributed by atoms with E-state index in [1.54, 1.807) is 11.8 Å². The molecular formula is C23H33N3O3. The summed E-state index contributed by atoms with van der Waals surface area (Å²) in [5.41, 5.74) is 3.30. The molecule has 0 bridgehead atoms. The van der Waals surface area contributed by atoms with Crippen LogP contribution in [0.3, 0.4) is 0 Å². The second kappa shape index (κ2) is 11.0. The molecular weight excluding hydrogens is 366 g/mol. The van der Waals surface area contributed by atoms with Gasteiger partial charge in [0, 0.05) is 39.5 Å². The van der Waals surface area contributed by atoms with E-state index in [1.807, 2.05) is 24.3 Å². The molecule has 1 aromatic carbocycles. The van der Waals surface area contributed by atoms with Crippen LogP contribution in [-0.2, 0) is 14.3 Å². The first-order valence-electron chi connectivity index (χ1n) is 10.8. The maximum absolute atomic E-state index is 12.6. The first kappa shape index (κ1) is 21.4. The molecule has 158 valence electrons. The van der Waals surface area contributed by atoms with Gasteiger partial charge < -0.3 is 19.9 Å². The Morgan fingerprint density at radius 2 is 1.93 bits per heavy atom. The summed E-state index contributed by atoms with van der Waals surface area (Å²) >= 11 is 0. The van der Waals surface area contributed by atoms with E-state index >= 15 is 0 Å². The maximum Gasteiger partial charge on any atom is 0.226 e. The Labute approximate surface area is 173 Å². The topological polar surface area (TPSA) is 61.9 Å². The number of ether oxygens (including phenoxy) is 1. The molecule has 1 saturated heterocycles. The number of carbonyl (C=O) groups is 2. The van der Waals surface area contributed by atoms with Crippen molar-refractivity contribution >= 4 is 23.2 Å². The van der Waals surface area contributed by atoms with Crippen LogP contribution in [0.25, 0.3) is 0 Å². The van der Waals surface area contributed by atoms with Crippen LogP contribution in [0.15, 0.2) is 35.9 Å². The van der Waals surface area contributed by atoms with Crippen LogP contribution < -0.4 is 10.2 Å². The number of para-hydroxylation sites is 2. The zero-order chi connectivity index (χ0) is 20.5. The second-order valence-corrected chi connectivity index (χ2v) is 7.78. The maximum atomic E-state index is 12.6. The number of rotatable bonds is 8. The lowest BCUT2D eigenvalue weighted by Crippen LogP contribution is -2.37. The van der Waals surface area contributed by atoms with Crippen molar-refractivity contribution in [2.45, 2.75) is 45.4 Å². The smallest absolute Gasteiger partial charge is 0.226 e. The Balaban J connectivity index is 1.51. The van der Waals surface area contributed by atoms with Gasteiger partial charge in [0.15, 0.2) is 0 Å². The monoisotopic (exact) mass is 399 g/mol. The minimum atomic E-state index is -0.0613. The summed E-state index contributed by atoms with van der Waals surface area (Å²) in [5, 5.41) is 3.04. The summed E-state index contributed by atoms with van der Waals surface area (Å²) in [5.74, 6) is -0.0308. The highest BCUT2D eigenvalue weighted by atomic mass is 16.5. The van der Waals surface area contributed by atoms with Crippen molar-refractivity contribution < 1.29 is 14.3 Å². The summed E-state index contributed by atoms with van der Waals surface area (Å²) in [6, 6.07) is 7.87. The Kier molecular flexibility index (Phi) is 8.11. The highest BCUT2D eigenvalue weighted by Crippen LogP contribution is 2.26. The Morgan fingerprint density at radius 1 is 1.14 bits per heavy atom. The predicted molar refractivity (Wildman–Crippen MR) is 116 cm³/mol. The van der Waals surface area contributed by atoms with Crippen molar-refractivity contribution in [3.05, 3.63) is 35.9 Å². The van der Waals surface area contributed by atoms with Crippen LogP contribution in [-0.4, -0.2) is 56.1 Å². The van der Waals surface area contributed by atoms with Crippen LogP contribution in [0.2, 0.25) is 0 Å². The summed E-state index contributed by atoms with van der Waals surface area (Å²) in [6.45, 7) is 5.77. The van der Waals surface area contributed by atoms with Crippen molar-refractivity contribution in [2.24, 2.45) is 0 Å². The summed E-state index contributed by atoms with van der Waals surface area (Å²) in [4.78, 5) is 28.6. The van der Waals surface area contributed by atoms with Crippen molar-refractivity contribution in [1.29, 1.82) is 0 Å². The molecule has 2 amide bonds. The second-order valence-electron chi connectivity index (χ2n) is 7.78. The van der Waals surface area contributed by atoms with E-state index in [2.05, 4.69) is 16.3 Å². The molecule has 3 rings (SSSR count). The van der Waals surface area contributed by atoms with E-state index in [-0.39, 0.29) is 11.8 Å². The van der Waals surface area contributed by atoms with Crippen LogP contribution in [0.4, 0.5) is 11.4 Å². The first-order valence-corrected chi connectivity index (χ1v) is 10.8. The molecule has 1 aliphatic heterocycles. The molecule has 6 heteroatoms. The van der Waals surface area contributed by atoms with Gasteiger partial charge >= 0.3 is 0 Å². The third-order valence-corrected chi connectivity index (χ3v) is 5.67. The van der Waals surface area contributed by atoms with Crippen molar-refractivity contribution in [3.63, 3.8) is 0 Å². The molecule has 1 heterocycles. The quantitative estimate of drug-likeness (QED) is 0.679. The highest BCUT2D eigenvalue weighted by molar-refractivity contribution is 5.94. The summed E-state index contributed by atoms with van der Waals surface area (Å²) in [6.07, 6.45) is 8.35. The van der Waals surface area contributed by atoms with Gasteiger partial charge in [0.1, 0.15) is 0 Å². The molecule has 0 aromatic heterocycles. The van der Waals surface area contributed by atoms with E-state index in [9.17, 15) is 9.59 Å². The molecule has 1 N–H and O–H groups in total. The van der Waals surface area contributed by atoms with Gasteiger partial charge in [0.05, 0.1) is 24.6 Å². The normalized spacial score (nSPS) is 16.9. The zero-order valence-corrected chi connectivity index (χ0v) is 17.5. The molecule has 0 spiro atoms. The van der Waals surface area contributed by atoms with Crippen LogP contribution >= 0.6 is 0 Å². The number of carbonyl (C=O) groups excluding carboxylic acids is 2. The van der Waals surface area contributed by atoms with Gasteiger partial charge in [-0.1, -0.05) is 23.8 Å². The lowest BCUT2D eigenvalue weighted by molar-refractivity contribution is -0.129. The van der Waals surface area contributed by atoms with Gasteiger partial charge in [-0.15, -0.1) is 0 Å². The Bertz CT molecular complexity index is 726. The molecule has 0 unspecified atom stereocenters. The van der Waals surface area contributed by atoms with Crippen molar-refractivity contribution in [2.75, 3.05) is 49.6 Å². The highest BCUT2D eigenvalue weighted by Gasteiger charge is 2.17. The number of hydrogen-bond donors (Lipinski definition) is 1. The molecule has 6 nitrogen and oxygen atoms in total. The number of nitrogens with one attached hydrogen (secondary N) is 1. The Morgan fingerprint density at radius 3 is 2.66 bits per heavy atom. The van der Waals surface area contributed by atoms with E-state index in [0.717, 1.165) is 43.7 Å². The summed E-state index contributed by atoms with van der Waals surface area (Å²) < 4.78 is 5.43. The average molecular weight is 400 g/mol. The number of hydrogen-bond acceptors (Lipinski definition) is 4. The molecule has 1 aliphatic carbocycles. The molecule has 0 atom stereocenters. The Hall–Kier alpha value is -2.34. The number of benzene rings is 1. The summed E-state index contributed by atoms with van der Waals surface area (Å²) in [7, 11) is 0. The fourth-order valence-corrected chi connectivity index (χ4v) is 3.95. The van der Waals surface area contributed by atoms with E-state index in [0.29, 0.717) is 32.7 Å². The third-order valence-electron chi connectivity index (χ3n) is 5.67. The van der Waals surface area contributed by atoms with E-state index in [1.165, 1.54) is 18.4 Å². The molecule has 29 heavy (non-hydrogen) atoms. The number of morpholine rings is 1. The number of amides is 2. The first-order chi connectivity index (χ1) is 14.1. The fourth-order valence-electron chi connectivity index (χ4n) is 3.95. The predicted octanol–water partition coefficient (Wildman–Crippen LogP) is 3.59. The van der Waals surface area contributed by atoms with E-state index < -0.39 is 0 Å². The molecule has 1 fully saturated rings. The molecule has 1 aromatic rings. The van der Waals surface area contributed by atoms with Gasteiger partial charge in [0.25, 0.3) is 0 Å². The minimum Gasteiger partial charge on any atom is -0.378 e. The van der Waals surface area contributed by atoms with Crippen molar-refractivity contribution in [1.82, 2.24) is 4.90 Å². The molecule has 0 radical (unpaired) electrons.